The van der Waals surface area contributed by atoms with E-state index in [0.29, 0.717) is 5.54 Å². The van der Waals surface area contributed by atoms with Crippen LogP contribution in [0.15, 0.2) is 0 Å². The van der Waals surface area contributed by atoms with E-state index >= 15 is 0 Å². The molecule has 0 amide bonds. The predicted octanol–water partition coefficient (Wildman–Crippen LogP) is 5.00. The maximum Gasteiger partial charge on any atom is 0.148 e. The van der Waals surface area contributed by atoms with E-state index < -0.39 is 0 Å². The molecule has 0 aliphatic carbocycles. The molecule has 1 fully saturated rings. The van der Waals surface area contributed by atoms with Crippen LogP contribution in [-0.4, -0.2) is 30.2 Å². The highest BCUT2D eigenvalue weighted by atomic mass is 15.5. The van der Waals surface area contributed by atoms with E-state index in [4.69, 9.17) is 0 Å². The summed E-state index contributed by atoms with van der Waals surface area (Å²) >= 11 is 0. The number of nitrogens with zero attached hydrogens (tertiary/aromatic N) is 1. The molecule has 0 aromatic rings. The van der Waals surface area contributed by atoms with Crippen LogP contribution in [0.2, 0.25) is 0 Å². The van der Waals surface area contributed by atoms with Crippen LogP contribution in [0.1, 0.15) is 79.1 Å². The largest absolute Gasteiger partial charge is 0.311 e. The lowest BCUT2D eigenvalue weighted by Gasteiger charge is -2.26. The van der Waals surface area contributed by atoms with Gasteiger partial charge in [-0.1, -0.05) is 47.0 Å². The van der Waals surface area contributed by atoms with E-state index in [0.717, 1.165) is 5.92 Å². The molecular weight excluding hydrogens is 218 g/mol. The van der Waals surface area contributed by atoms with Gasteiger partial charge >= 0.3 is 0 Å². The Hall–Kier alpha value is -0.0400. The molecule has 1 heteroatoms. The van der Waals surface area contributed by atoms with Crippen molar-refractivity contribution in [3.8, 4) is 0 Å². The summed E-state index contributed by atoms with van der Waals surface area (Å²) in [7, 11) is 2.52. The molecular formula is C17H36N+. The molecule has 0 saturated carbocycles. The third-order valence-electron chi connectivity index (χ3n) is 5.54. The highest BCUT2D eigenvalue weighted by Gasteiger charge is 2.64. The Morgan fingerprint density at radius 2 is 1.72 bits per heavy atom. The van der Waals surface area contributed by atoms with Gasteiger partial charge in [-0.25, -0.2) is 0 Å². The number of hydrogen-bond donors (Lipinski definition) is 0. The van der Waals surface area contributed by atoms with Gasteiger partial charge in [-0.3, -0.25) is 0 Å². The minimum atomic E-state index is 0.662. The first-order valence-corrected chi connectivity index (χ1v) is 8.42. The molecule has 0 bridgehead atoms. The van der Waals surface area contributed by atoms with Crippen LogP contribution in [0.4, 0.5) is 0 Å². The topological polar surface area (TPSA) is 0 Å². The van der Waals surface area contributed by atoms with Gasteiger partial charge in [-0.15, -0.1) is 0 Å². The fourth-order valence-electron chi connectivity index (χ4n) is 3.88. The second-order valence-electron chi connectivity index (χ2n) is 6.83. The fourth-order valence-corrected chi connectivity index (χ4v) is 3.88. The van der Waals surface area contributed by atoms with Gasteiger partial charge in [0, 0.05) is 18.8 Å². The monoisotopic (exact) mass is 254 g/mol. The summed E-state index contributed by atoms with van der Waals surface area (Å²) in [5.74, 6) is 0.963. The van der Waals surface area contributed by atoms with E-state index in [-0.39, 0.29) is 0 Å². The SMILES string of the molecule is CCCCC(CC)C[N+]1(C)CC1(CC)CCCC. The van der Waals surface area contributed by atoms with E-state index in [1.807, 2.05) is 0 Å². The van der Waals surface area contributed by atoms with Crippen molar-refractivity contribution in [2.45, 2.75) is 84.6 Å². The molecule has 0 spiro atoms. The Kier molecular flexibility index (Phi) is 6.17. The van der Waals surface area contributed by atoms with Crippen molar-refractivity contribution in [2.75, 3.05) is 20.1 Å². The van der Waals surface area contributed by atoms with E-state index in [9.17, 15) is 0 Å². The third kappa shape index (κ3) is 3.50. The van der Waals surface area contributed by atoms with Crippen molar-refractivity contribution in [1.82, 2.24) is 0 Å². The summed E-state index contributed by atoms with van der Waals surface area (Å²) in [6.07, 6.45) is 11.2. The minimum Gasteiger partial charge on any atom is -0.311 e. The molecule has 1 saturated heterocycles. The fraction of sp³-hybridized carbons (Fsp3) is 1.00. The van der Waals surface area contributed by atoms with Gasteiger partial charge in [-0.05, 0) is 19.3 Å². The van der Waals surface area contributed by atoms with Gasteiger partial charge in [0.1, 0.15) is 12.1 Å². The molecule has 0 N–H and O–H groups in total. The average molecular weight is 254 g/mol. The quantitative estimate of drug-likeness (QED) is 0.380. The summed E-state index contributed by atoms with van der Waals surface area (Å²) in [5, 5.41) is 0. The summed E-state index contributed by atoms with van der Waals surface area (Å²) in [4.78, 5) is 0. The molecule has 1 rings (SSSR count). The van der Waals surface area contributed by atoms with Crippen LogP contribution in [-0.2, 0) is 0 Å². The Morgan fingerprint density at radius 1 is 1.06 bits per heavy atom. The third-order valence-corrected chi connectivity index (χ3v) is 5.54. The second kappa shape index (κ2) is 6.93. The van der Waals surface area contributed by atoms with Crippen molar-refractivity contribution in [2.24, 2.45) is 5.92 Å². The lowest BCUT2D eigenvalue weighted by atomic mass is 9.96. The number of quaternary nitrogens is 1. The molecule has 108 valence electrons. The van der Waals surface area contributed by atoms with Gasteiger partial charge < -0.3 is 4.48 Å². The zero-order valence-electron chi connectivity index (χ0n) is 13.6. The Morgan fingerprint density at radius 3 is 2.22 bits per heavy atom. The molecule has 1 aliphatic heterocycles. The van der Waals surface area contributed by atoms with Crippen LogP contribution < -0.4 is 0 Å². The molecule has 3 atom stereocenters. The van der Waals surface area contributed by atoms with E-state index in [1.165, 1.54) is 68.9 Å². The average Bonchev–Trinajstić information content (AvgIpc) is 2.97. The highest BCUT2D eigenvalue weighted by Crippen LogP contribution is 2.48. The van der Waals surface area contributed by atoms with Crippen molar-refractivity contribution >= 4 is 0 Å². The van der Waals surface area contributed by atoms with Gasteiger partial charge in [0.2, 0.25) is 0 Å². The van der Waals surface area contributed by atoms with Crippen molar-refractivity contribution in [1.29, 1.82) is 0 Å². The smallest absolute Gasteiger partial charge is 0.148 e. The summed E-state index contributed by atoms with van der Waals surface area (Å²) in [6, 6.07) is 0. The Balaban J connectivity index is 2.49. The van der Waals surface area contributed by atoms with Crippen LogP contribution >= 0.6 is 0 Å². The first-order valence-electron chi connectivity index (χ1n) is 8.42. The molecule has 0 aromatic carbocycles. The lowest BCUT2D eigenvalue weighted by Crippen LogP contribution is -2.36. The van der Waals surface area contributed by atoms with Gasteiger partial charge in [0.15, 0.2) is 0 Å². The molecule has 3 unspecified atom stereocenters. The highest BCUT2D eigenvalue weighted by molar-refractivity contribution is 4.93. The number of likely N-dealkylation sites (N-methyl/N-ethyl adjacent to an activating group) is 1. The van der Waals surface area contributed by atoms with Crippen molar-refractivity contribution in [3.05, 3.63) is 0 Å². The molecule has 0 radical (unpaired) electrons. The molecule has 1 heterocycles. The van der Waals surface area contributed by atoms with Crippen molar-refractivity contribution in [3.63, 3.8) is 0 Å². The van der Waals surface area contributed by atoms with Gasteiger partial charge in [-0.2, -0.15) is 0 Å². The zero-order chi connectivity index (χ0) is 13.6. The molecule has 1 aliphatic rings. The second-order valence-corrected chi connectivity index (χ2v) is 6.83. The minimum absolute atomic E-state index is 0.662. The predicted molar refractivity (Wildman–Crippen MR) is 81.8 cm³/mol. The maximum atomic E-state index is 2.52. The van der Waals surface area contributed by atoms with Crippen molar-refractivity contribution < 1.29 is 4.48 Å². The van der Waals surface area contributed by atoms with Crippen LogP contribution in [0.3, 0.4) is 0 Å². The van der Waals surface area contributed by atoms with Gasteiger partial charge in [0.05, 0.1) is 13.6 Å². The van der Waals surface area contributed by atoms with E-state index in [2.05, 4.69) is 34.7 Å². The van der Waals surface area contributed by atoms with Crippen LogP contribution in [0.5, 0.6) is 0 Å². The maximum absolute atomic E-state index is 2.52. The normalized spacial score (nSPS) is 32.5. The van der Waals surface area contributed by atoms with Crippen LogP contribution in [0.25, 0.3) is 0 Å². The lowest BCUT2D eigenvalue weighted by molar-refractivity contribution is -0.813. The first-order chi connectivity index (χ1) is 8.57. The Labute approximate surface area is 116 Å². The van der Waals surface area contributed by atoms with Crippen LogP contribution in [0, 0.1) is 5.92 Å². The molecule has 0 aromatic heterocycles. The number of hydrogen-bond acceptors (Lipinski definition) is 0. The number of unbranched alkanes of at least 4 members (excludes halogenated alkanes) is 2. The molecule has 1 nitrogen and oxygen atoms in total. The standard InChI is InChI=1S/C17H36N/c1-6-10-12-16(8-3)14-18(5)15-17(18,9-4)13-11-7-2/h16H,6-15H2,1-5H3/q+1. The summed E-state index contributed by atoms with van der Waals surface area (Å²) in [5.41, 5.74) is 0.662. The number of rotatable bonds is 10. The first kappa shape index (κ1) is 16.0. The zero-order valence-corrected chi connectivity index (χ0v) is 13.6. The molecule has 18 heavy (non-hydrogen) atoms. The van der Waals surface area contributed by atoms with E-state index in [1.54, 1.807) is 0 Å². The van der Waals surface area contributed by atoms with Gasteiger partial charge in [0.25, 0.3) is 0 Å². The summed E-state index contributed by atoms with van der Waals surface area (Å²) < 4.78 is 1.38. The Bertz CT molecular complexity index is 238. The summed E-state index contributed by atoms with van der Waals surface area (Å²) in [6.45, 7) is 12.3.